The van der Waals surface area contributed by atoms with E-state index in [1.165, 1.54) is 37.0 Å². The van der Waals surface area contributed by atoms with Crippen molar-refractivity contribution >= 4 is 23.1 Å². The van der Waals surface area contributed by atoms with Gasteiger partial charge in [0.05, 0.1) is 4.88 Å². The second kappa shape index (κ2) is 6.22. The van der Waals surface area contributed by atoms with Gasteiger partial charge in [-0.1, -0.05) is 12.8 Å². The zero-order chi connectivity index (χ0) is 14.7. The number of carboxylic acids is 1. The Balaban J connectivity index is 1.77. The van der Waals surface area contributed by atoms with Crippen LogP contribution >= 0.6 is 11.3 Å². The highest BCUT2D eigenvalue weighted by Crippen LogP contribution is 2.27. The van der Waals surface area contributed by atoms with E-state index in [-0.39, 0.29) is 0 Å². The van der Waals surface area contributed by atoms with Crippen LogP contribution in [0.2, 0.25) is 0 Å². The van der Waals surface area contributed by atoms with Gasteiger partial charge in [0, 0.05) is 13.1 Å². The summed E-state index contributed by atoms with van der Waals surface area (Å²) in [6.07, 6.45) is 4.98. The molecule has 0 amide bonds. The van der Waals surface area contributed by atoms with Crippen molar-refractivity contribution in [3.8, 4) is 10.6 Å². The maximum absolute atomic E-state index is 10.9. The number of carbonyl (C=O) groups is 1. The van der Waals surface area contributed by atoms with E-state index in [0.717, 1.165) is 29.5 Å². The fourth-order valence-electron chi connectivity index (χ4n) is 2.52. The van der Waals surface area contributed by atoms with Gasteiger partial charge >= 0.3 is 5.97 Å². The van der Waals surface area contributed by atoms with Crippen LogP contribution in [-0.4, -0.2) is 34.4 Å². The molecule has 2 aromatic heterocycles. The number of aromatic carboxylic acids is 1. The summed E-state index contributed by atoms with van der Waals surface area (Å²) >= 11 is 1.22. The summed E-state index contributed by atoms with van der Waals surface area (Å²) in [7, 11) is 0. The van der Waals surface area contributed by atoms with Crippen LogP contribution in [-0.2, 0) is 0 Å². The Kier molecular flexibility index (Phi) is 4.15. The van der Waals surface area contributed by atoms with Gasteiger partial charge in [0.15, 0.2) is 5.82 Å². The quantitative estimate of drug-likeness (QED) is 0.942. The van der Waals surface area contributed by atoms with Gasteiger partial charge in [-0.25, -0.2) is 4.79 Å². The molecule has 2 aromatic rings. The third-order valence-corrected chi connectivity index (χ3v) is 4.75. The number of hydrogen-bond acceptors (Lipinski definition) is 5. The molecule has 1 N–H and O–H groups in total. The molecule has 0 aromatic carbocycles. The van der Waals surface area contributed by atoms with E-state index in [1.54, 1.807) is 12.1 Å². The molecule has 3 rings (SSSR count). The lowest BCUT2D eigenvalue weighted by Crippen LogP contribution is -2.25. The first-order valence-corrected chi connectivity index (χ1v) is 7.98. The third kappa shape index (κ3) is 3.21. The minimum atomic E-state index is -0.902. The van der Waals surface area contributed by atoms with Crippen LogP contribution in [0.3, 0.4) is 0 Å². The minimum absolute atomic E-state index is 0.323. The number of rotatable bonds is 3. The summed E-state index contributed by atoms with van der Waals surface area (Å²) < 4.78 is 0. The maximum Gasteiger partial charge on any atom is 0.345 e. The fraction of sp³-hybridized carbons (Fsp3) is 0.400. The molecule has 0 radical (unpaired) electrons. The van der Waals surface area contributed by atoms with Gasteiger partial charge in [0.25, 0.3) is 0 Å². The van der Waals surface area contributed by atoms with Crippen molar-refractivity contribution in [2.75, 3.05) is 18.0 Å². The maximum atomic E-state index is 10.9. The van der Waals surface area contributed by atoms with Gasteiger partial charge in [0.2, 0.25) is 0 Å². The molecule has 1 aliphatic rings. The molecule has 110 valence electrons. The van der Waals surface area contributed by atoms with Crippen molar-refractivity contribution in [2.24, 2.45) is 0 Å². The van der Waals surface area contributed by atoms with E-state index < -0.39 is 5.97 Å². The Morgan fingerprint density at radius 1 is 1.05 bits per heavy atom. The SMILES string of the molecule is O=C(O)c1ccc(-c2ccc(N3CCCCCC3)nn2)s1. The smallest absolute Gasteiger partial charge is 0.345 e. The first kappa shape index (κ1) is 14.0. The van der Waals surface area contributed by atoms with Crippen LogP contribution in [0.25, 0.3) is 10.6 Å². The molecule has 1 aliphatic heterocycles. The Morgan fingerprint density at radius 2 is 1.81 bits per heavy atom. The Bertz CT molecular complexity index is 616. The summed E-state index contributed by atoms with van der Waals surface area (Å²) in [5, 5.41) is 17.5. The third-order valence-electron chi connectivity index (χ3n) is 3.65. The average molecular weight is 303 g/mol. The first-order chi connectivity index (χ1) is 10.2. The van der Waals surface area contributed by atoms with Crippen LogP contribution < -0.4 is 4.90 Å². The molecular formula is C15H17N3O2S. The molecule has 0 aliphatic carbocycles. The lowest BCUT2D eigenvalue weighted by atomic mass is 10.2. The molecule has 21 heavy (non-hydrogen) atoms. The van der Waals surface area contributed by atoms with Crippen LogP contribution in [0.15, 0.2) is 24.3 Å². The molecular weight excluding hydrogens is 286 g/mol. The summed E-state index contributed by atoms with van der Waals surface area (Å²) in [6, 6.07) is 7.29. The van der Waals surface area contributed by atoms with Crippen molar-refractivity contribution in [3.63, 3.8) is 0 Å². The Hall–Kier alpha value is -1.95. The van der Waals surface area contributed by atoms with E-state index in [4.69, 9.17) is 5.11 Å². The van der Waals surface area contributed by atoms with Crippen molar-refractivity contribution in [2.45, 2.75) is 25.7 Å². The highest BCUT2D eigenvalue weighted by Gasteiger charge is 2.13. The number of nitrogens with zero attached hydrogens (tertiary/aromatic N) is 3. The predicted molar refractivity (Wildman–Crippen MR) is 83.0 cm³/mol. The van der Waals surface area contributed by atoms with E-state index in [2.05, 4.69) is 15.1 Å². The molecule has 6 heteroatoms. The largest absolute Gasteiger partial charge is 0.477 e. The molecule has 3 heterocycles. The van der Waals surface area contributed by atoms with Crippen LogP contribution in [0.5, 0.6) is 0 Å². The molecule has 0 atom stereocenters. The van der Waals surface area contributed by atoms with Crippen LogP contribution in [0.4, 0.5) is 5.82 Å². The van der Waals surface area contributed by atoms with E-state index >= 15 is 0 Å². The van der Waals surface area contributed by atoms with E-state index in [0.29, 0.717) is 4.88 Å². The minimum Gasteiger partial charge on any atom is -0.477 e. The van der Waals surface area contributed by atoms with Gasteiger partial charge in [-0.3, -0.25) is 0 Å². The highest BCUT2D eigenvalue weighted by molar-refractivity contribution is 7.17. The fourth-order valence-corrected chi connectivity index (χ4v) is 3.33. The van der Waals surface area contributed by atoms with E-state index in [9.17, 15) is 4.79 Å². The lowest BCUT2D eigenvalue weighted by Gasteiger charge is -2.20. The van der Waals surface area contributed by atoms with Gasteiger partial charge in [0.1, 0.15) is 10.6 Å². The topological polar surface area (TPSA) is 66.3 Å². The number of anilines is 1. The predicted octanol–water partition coefficient (Wildman–Crippen LogP) is 3.28. The Morgan fingerprint density at radius 3 is 2.38 bits per heavy atom. The molecule has 1 saturated heterocycles. The molecule has 1 fully saturated rings. The first-order valence-electron chi connectivity index (χ1n) is 7.16. The van der Waals surface area contributed by atoms with Crippen molar-refractivity contribution in [1.82, 2.24) is 10.2 Å². The summed E-state index contributed by atoms with van der Waals surface area (Å²) in [6.45, 7) is 2.08. The summed E-state index contributed by atoms with van der Waals surface area (Å²) in [5.74, 6) is 0.0102. The second-order valence-corrected chi connectivity index (χ2v) is 6.23. The van der Waals surface area contributed by atoms with Gasteiger partial charge < -0.3 is 10.0 Å². The second-order valence-electron chi connectivity index (χ2n) is 5.15. The highest BCUT2D eigenvalue weighted by atomic mass is 32.1. The molecule has 0 bridgehead atoms. The molecule has 0 unspecified atom stereocenters. The lowest BCUT2D eigenvalue weighted by molar-refractivity contribution is 0.0702. The van der Waals surface area contributed by atoms with Crippen LogP contribution in [0.1, 0.15) is 35.4 Å². The van der Waals surface area contributed by atoms with Gasteiger partial charge in [-0.15, -0.1) is 21.5 Å². The monoisotopic (exact) mass is 303 g/mol. The standard InChI is InChI=1S/C15H17N3O2S/c19-15(20)13-7-6-12(21-13)11-5-8-14(17-16-11)18-9-3-1-2-4-10-18/h5-8H,1-4,9-10H2,(H,19,20). The number of thiophene rings is 1. The molecule has 0 spiro atoms. The summed E-state index contributed by atoms with van der Waals surface area (Å²) in [4.78, 5) is 14.3. The normalized spacial score (nSPS) is 15.7. The van der Waals surface area contributed by atoms with Crippen molar-refractivity contribution in [3.05, 3.63) is 29.1 Å². The molecule has 5 nitrogen and oxygen atoms in total. The van der Waals surface area contributed by atoms with Crippen molar-refractivity contribution in [1.29, 1.82) is 0 Å². The summed E-state index contributed by atoms with van der Waals surface area (Å²) in [5.41, 5.74) is 0.728. The zero-order valence-corrected chi connectivity index (χ0v) is 12.5. The van der Waals surface area contributed by atoms with Gasteiger partial charge in [-0.05, 0) is 37.1 Å². The average Bonchev–Trinajstić information content (AvgIpc) is 2.84. The zero-order valence-electron chi connectivity index (χ0n) is 11.7. The molecule has 0 saturated carbocycles. The Labute approximate surface area is 127 Å². The number of carboxylic acid groups (broad SMARTS) is 1. The number of hydrogen-bond donors (Lipinski definition) is 1. The van der Waals surface area contributed by atoms with Crippen molar-refractivity contribution < 1.29 is 9.90 Å². The van der Waals surface area contributed by atoms with Gasteiger partial charge in [-0.2, -0.15) is 0 Å². The number of aromatic nitrogens is 2. The van der Waals surface area contributed by atoms with E-state index in [1.807, 2.05) is 12.1 Å². The van der Waals surface area contributed by atoms with Crippen LogP contribution in [0, 0.1) is 0 Å².